The summed E-state index contributed by atoms with van der Waals surface area (Å²) in [5.41, 5.74) is 2.78. The Morgan fingerprint density at radius 2 is 1.94 bits per heavy atom. The van der Waals surface area contributed by atoms with Gasteiger partial charge in [0.25, 0.3) is 0 Å². The predicted octanol–water partition coefficient (Wildman–Crippen LogP) is 3.82. The Hall–Kier alpha value is -1.03. The van der Waals surface area contributed by atoms with Gasteiger partial charge in [-0.05, 0) is 67.7 Å². The molecule has 18 heavy (non-hydrogen) atoms. The van der Waals surface area contributed by atoms with Crippen LogP contribution in [0.4, 0.5) is 5.69 Å². The summed E-state index contributed by atoms with van der Waals surface area (Å²) in [7, 11) is 0. The quantitative estimate of drug-likeness (QED) is 0.862. The zero-order chi connectivity index (χ0) is 13.9. The van der Waals surface area contributed by atoms with Crippen molar-refractivity contribution in [3.05, 3.63) is 27.7 Å². The summed E-state index contributed by atoms with van der Waals surface area (Å²) in [6.45, 7) is 9.79. The lowest BCUT2D eigenvalue weighted by atomic mass is 10.1. The second-order valence-corrected chi connectivity index (χ2v) is 6.23. The van der Waals surface area contributed by atoms with Gasteiger partial charge < -0.3 is 10.1 Å². The van der Waals surface area contributed by atoms with Crippen LogP contribution >= 0.6 is 15.9 Å². The molecule has 0 bridgehead atoms. The fourth-order valence-electron chi connectivity index (χ4n) is 1.68. The molecule has 0 saturated carbocycles. The van der Waals surface area contributed by atoms with Crippen LogP contribution in [0.25, 0.3) is 0 Å². The van der Waals surface area contributed by atoms with E-state index >= 15 is 0 Å². The van der Waals surface area contributed by atoms with Gasteiger partial charge in [-0.1, -0.05) is 6.07 Å². The summed E-state index contributed by atoms with van der Waals surface area (Å²) in [5.74, 6) is -0.255. The van der Waals surface area contributed by atoms with Gasteiger partial charge in [0.05, 0.1) is 5.69 Å². The van der Waals surface area contributed by atoms with Crippen molar-refractivity contribution in [3.63, 3.8) is 0 Å². The smallest absolute Gasteiger partial charge is 0.325 e. The van der Waals surface area contributed by atoms with Crippen molar-refractivity contribution in [2.45, 2.75) is 40.2 Å². The molecule has 3 nitrogen and oxygen atoms in total. The summed E-state index contributed by atoms with van der Waals surface area (Å²) >= 11 is 3.49. The predicted molar refractivity (Wildman–Crippen MR) is 78.0 cm³/mol. The Balaban J connectivity index is 2.67. The van der Waals surface area contributed by atoms with E-state index in [0.29, 0.717) is 0 Å². The number of carbonyl (C=O) groups is 1. The molecule has 0 unspecified atom stereocenters. The largest absolute Gasteiger partial charge is 0.459 e. The van der Waals surface area contributed by atoms with E-state index in [9.17, 15) is 4.79 Å². The van der Waals surface area contributed by atoms with E-state index in [4.69, 9.17) is 4.74 Å². The Kier molecular flexibility index (Phi) is 4.79. The highest BCUT2D eigenvalue weighted by Crippen LogP contribution is 2.27. The van der Waals surface area contributed by atoms with E-state index in [-0.39, 0.29) is 12.5 Å². The van der Waals surface area contributed by atoms with Crippen LogP contribution in [0.1, 0.15) is 31.9 Å². The number of carbonyl (C=O) groups excluding carboxylic acids is 1. The van der Waals surface area contributed by atoms with Crippen molar-refractivity contribution in [3.8, 4) is 0 Å². The standard InChI is InChI=1S/C14H20BrNO2/c1-9-6-10(2)13(11(15)7-9)16-8-12(17)18-14(3,4)5/h6-7,16H,8H2,1-5H3. The van der Waals surface area contributed by atoms with Crippen LogP contribution in [0.2, 0.25) is 0 Å². The second-order valence-electron chi connectivity index (χ2n) is 5.38. The Bertz CT molecular complexity index is 427. The molecule has 4 heteroatoms. The van der Waals surface area contributed by atoms with E-state index < -0.39 is 5.60 Å². The highest BCUT2D eigenvalue weighted by Gasteiger charge is 2.16. The molecule has 1 rings (SSSR count). The maximum absolute atomic E-state index is 11.6. The van der Waals surface area contributed by atoms with E-state index in [1.165, 1.54) is 5.56 Å². The number of halogens is 1. The topological polar surface area (TPSA) is 38.3 Å². The average molecular weight is 314 g/mol. The number of esters is 1. The Morgan fingerprint density at radius 3 is 2.44 bits per heavy atom. The molecular weight excluding hydrogens is 294 g/mol. The highest BCUT2D eigenvalue weighted by atomic mass is 79.9. The summed E-state index contributed by atoms with van der Waals surface area (Å²) in [6.07, 6.45) is 0. The Labute approximate surface area is 117 Å². The fraction of sp³-hybridized carbons (Fsp3) is 0.500. The van der Waals surface area contributed by atoms with Gasteiger partial charge in [0.2, 0.25) is 0 Å². The van der Waals surface area contributed by atoms with E-state index in [1.807, 2.05) is 40.7 Å². The van der Waals surface area contributed by atoms with E-state index in [1.54, 1.807) is 0 Å². The van der Waals surface area contributed by atoms with Gasteiger partial charge in [-0.3, -0.25) is 4.79 Å². The van der Waals surface area contributed by atoms with Gasteiger partial charge in [0, 0.05) is 4.47 Å². The van der Waals surface area contributed by atoms with Crippen molar-refractivity contribution in [1.29, 1.82) is 0 Å². The fourth-order valence-corrected chi connectivity index (χ4v) is 2.49. The summed E-state index contributed by atoms with van der Waals surface area (Å²) in [4.78, 5) is 11.6. The third-order valence-corrected chi connectivity index (χ3v) is 2.89. The molecule has 0 spiro atoms. The molecular formula is C14H20BrNO2. The minimum absolute atomic E-state index is 0.166. The molecule has 1 N–H and O–H groups in total. The molecule has 0 aliphatic carbocycles. The maximum Gasteiger partial charge on any atom is 0.325 e. The molecule has 0 saturated heterocycles. The zero-order valence-electron chi connectivity index (χ0n) is 11.6. The normalized spacial score (nSPS) is 11.2. The number of rotatable bonds is 3. The number of aryl methyl sites for hydroxylation is 2. The van der Waals surface area contributed by atoms with Crippen LogP contribution in [-0.2, 0) is 9.53 Å². The monoisotopic (exact) mass is 313 g/mol. The van der Waals surface area contributed by atoms with Crippen molar-refractivity contribution in [2.24, 2.45) is 0 Å². The van der Waals surface area contributed by atoms with Crippen LogP contribution < -0.4 is 5.32 Å². The molecule has 0 fully saturated rings. The minimum Gasteiger partial charge on any atom is -0.459 e. The first-order chi connectivity index (χ1) is 8.19. The molecule has 1 aromatic carbocycles. The minimum atomic E-state index is -0.446. The SMILES string of the molecule is Cc1cc(C)c(NCC(=O)OC(C)(C)C)c(Br)c1. The van der Waals surface area contributed by atoms with Gasteiger partial charge >= 0.3 is 5.97 Å². The summed E-state index contributed by atoms with van der Waals surface area (Å²) in [6, 6.07) is 4.09. The van der Waals surface area contributed by atoms with Crippen molar-refractivity contribution < 1.29 is 9.53 Å². The third kappa shape index (κ3) is 4.69. The molecule has 1 aromatic rings. The average Bonchev–Trinajstić information content (AvgIpc) is 2.12. The number of anilines is 1. The maximum atomic E-state index is 11.6. The van der Waals surface area contributed by atoms with Gasteiger partial charge in [0.15, 0.2) is 0 Å². The van der Waals surface area contributed by atoms with E-state index in [0.717, 1.165) is 15.7 Å². The van der Waals surface area contributed by atoms with Gasteiger partial charge in [0.1, 0.15) is 12.1 Å². The second kappa shape index (κ2) is 5.74. The number of nitrogens with one attached hydrogen (secondary N) is 1. The number of hydrogen-bond acceptors (Lipinski definition) is 3. The highest BCUT2D eigenvalue weighted by molar-refractivity contribution is 9.10. The number of ether oxygens (including phenoxy) is 1. The third-order valence-electron chi connectivity index (χ3n) is 2.26. The van der Waals surface area contributed by atoms with Crippen molar-refractivity contribution in [2.75, 3.05) is 11.9 Å². The molecule has 100 valence electrons. The van der Waals surface area contributed by atoms with Gasteiger partial charge in [-0.25, -0.2) is 0 Å². The molecule has 0 amide bonds. The zero-order valence-corrected chi connectivity index (χ0v) is 13.1. The van der Waals surface area contributed by atoms with Crippen LogP contribution in [0.15, 0.2) is 16.6 Å². The number of hydrogen-bond donors (Lipinski definition) is 1. The molecule has 0 aromatic heterocycles. The van der Waals surface area contributed by atoms with Crippen LogP contribution in [0.5, 0.6) is 0 Å². The van der Waals surface area contributed by atoms with Crippen LogP contribution in [0, 0.1) is 13.8 Å². The first-order valence-electron chi connectivity index (χ1n) is 5.91. The lowest BCUT2D eigenvalue weighted by Crippen LogP contribution is -2.28. The number of benzene rings is 1. The Morgan fingerprint density at radius 1 is 1.33 bits per heavy atom. The first-order valence-corrected chi connectivity index (χ1v) is 6.71. The summed E-state index contributed by atoms with van der Waals surface area (Å²) < 4.78 is 6.21. The lowest BCUT2D eigenvalue weighted by Gasteiger charge is -2.20. The summed E-state index contributed by atoms with van der Waals surface area (Å²) in [5, 5.41) is 3.11. The van der Waals surface area contributed by atoms with Crippen molar-refractivity contribution >= 4 is 27.6 Å². The van der Waals surface area contributed by atoms with Crippen LogP contribution in [0.3, 0.4) is 0 Å². The van der Waals surface area contributed by atoms with Gasteiger partial charge in [-0.2, -0.15) is 0 Å². The molecule has 0 heterocycles. The van der Waals surface area contributed by atoms with Crippen molar-refractivity contribution in [1.82, 2.24) is 0 Å². The molecule has 0 atom stereocenters. The van der Waals surface area contributed by atoms with E-state index in [2.05, 4.69) is 27.3 Å². The van der Waals surface area contributed by atoms with Crippen LogP contribution in [-0.4, -0.2) is 18.1 Å². The lowest BCUT2D eigenvalue weighted by molar-refractivity contribution is -0.152. The molecule has 0 aliphatic heterocycles. The first kappa shape index (κ1) is 15.0. The molecule has 0 aliphatic rings. The molecule has 0 radical (unpaired) electrons. The van der Waals surface area contributed by atoms with Gasteiger partial charge in [-0.15, -0.1) is 0 Å².